The number of ether oxygens (including phenoxy) is 1. The molecule has 1 aromatic carbocycles. The second-order valence-corrected chi connectivity index (χ2v) is 3.85. The maximum Gasteiger partial charge on any atom is 0.416 e. The lowest BCUT2D eigenvalue weighted by Gasteiger charge is -2.11. The first-order valence-electron chi connectivity index (χ1n) is 5.26. The molecule has 0 fully saturated rings. The first kappa shape index (κ1) is 14.0. The molecule has 0 radical (unpaired) electrons. The third-order valence-corrected chi connectivity index (χ3v) is 2.38. The molecule has 0 heterocycles. The summed E-state index contributed by atoms with van der Waals surface area (Å²) in [7, 11) is 1.47. The van der Waals surface area contributed by atoms with Gasteiger partial charge >= 0.3 is 6.18 Å². The van der Waals surface area contributed by atoms with Gasteiger partial charge in [0.25, 0.3) is 0 Å². The highest BCUT2D eigenvalue weighted by molar-refractivity contribution is 5.25. The highest BCUT2D eigenvalue weighted by atomic mass is 19.4. The summed E-state index contributed by atoms with van der Waals surface area (Å²) in [6.07, 6.45) is -4.18. The van der Waals surface area contributed by atoms with Crippen LogP contribution in [0.3, 0.4) is 0 Å². The van der Waals surface area contributed by atoms with Crippen LogP contribution in [-0.2, 0) is 17.3 Å². The smallest absolute Gasteiger partial charge is 0.391 e. The number of rotatable bonds is 5. The molecular formula is C12H15F3O2. The Hall–Kier alpha value is -1.07. The van der Waals surface area contributed by atoms with Gasteiger partial charge in [0.15, 0.2) is 0 Å². The summed E-state index contributed by atoms with van der Waals surface area (Å²) in [5.74, 6) is 0. The largest absolute Gasteiger partial charge is 0.416 e. The molecule has 17 heavy (non-hydrogen) atoms. The van der Waals surface area contributed by atoms with Gasteiger partial charge in [0.1, 0.15) is 0 Å². The van der Waals surface area contributed by atoms with Crippen LogP contribution in [-0.4, -0.2) is 24.9 Å². The number of halogens is 3. The van der Waals surface area contributed by atoms with Crippen molar-refractivity contribution < 1.29 is 23.0 Å². The van der Waals surface area contributed by atoms with Crippen LogP contribution >= 0.6 is 0 Å². The number of hydrogen-bond acceptors (Lipinski definition) is 2. The SMILES string of the molecule is COCC(O)CCc1cccc(C(F)(F)F)c1. The lowest BCUT2D eigenvalue weighted by Crippen LogP contribution is -2.15. The number of hydrogen-bond donors (Lipinski definition) is 1. The average molecular weight is 248 g/mol. The van der Waals surface area contributed by atoms with Crippen molar-refractivity contribution in [2.24, 2.45) is 0 Å². The standard InChI is InChI=1S/C12H15F3O2/c1-17-8-11(16)6-5-9-3-2-4-10(7-9)12(13,14)15/h2-4,7,11,16H,5-6,8H2,1H3. The van der Waals surface area contributed by atoms with Gasteiger partial charge in [-0.25, -0.2) is 0 Å². The summed E-state index contributed by atoms with van der Waals surface area (Å²) >= 11 is 0. The fraction of sp³-hybridized carbons (Fsp3) is 0.500. The van der Waals surface area contributed by atoms with Crippen LogP contribution in [0, 0.1) is 0 Å². The second-order valence-electron chi connectivity index (χ2n) is 3.85. The molecule has 1 N–H and O–H groups in total. The molecule has 0 saturated carbocycles. The molecule has 1 unspecified atom stereocenters. The Bertz CT molecular complexity index is 350. The van der Waals surface area contributed by atoms with Crippen LogP contribution in [0.15, 0.2) is 24.3 Å². The van der Waals surface area contributed by atoms with Gasteiger partial charge in [-0.3, -0.25) is 0 Å². The molecule has 96 valence electrons. The quantitative estimate of drug-likeness (QED) is 0.868. The van der Waals surface area contributed by atoms with Crippen molar-refractivity contribution in [2.75, 3.05) is 13.7 Å². The maximum atomic E-state index is 12.4. The van der Waals surface area contributed by atoms with E-state index in [9.17, 15) is 18.3 Å². The van der Waals surface area contributed by atoms with Gasteiger partial charge in [0.2, 0.25) is 0 Å². The van der Waals surface area contributed by atoms with Gasteiger partial charge in [-0.05, 0) is 24.5 Å². The first-order chi connectivity index (χ1) is 7.93. The average Bonchev–Trinajstić information content (AvgIpc) is 2.26. The van der Waals surface area contributed by atoms with E-state index in [4.69, 9.17) is 4.74 Å². The van der Waals surface area contributed by atoms with Crippen molar-refractivity contribution in [3.63, 3.8) is 0 Å². The number of aliphatic hydroxyl groups excluding tert-OH is 1. The molecule has 0 aliphatic carbocycles. The summed E-state index contributed by atoms with van der Waals surface area (Å²) < 4.78 is 42.0. The summed E-state index contributed by atoms with van der Waals surface area (Å²) in [6.45, 7) is 0.193. The topological polar surface area (TPSA) is 29.5 Å². The summed E-state index contributed by atoms with van der Waals surface area (Å²) in [5, 5.41) is 9.39. The minimum absolute atomic E-state index is 0.193. The van der Waals surface area contributed by atoms with E-state index in [0.717, 1.165) is 12.1 Å². The van der Waals surface area contributed by atoms with Gasteiger partial charge in [0, 0.05) is 7.11 Å². The normalized spacial score (nSPS) is 13.7. The number of benzene rings is 1. The fourth-order valence-corrected chi connectivity index (χ4v) is 1.51. The van der Waals surface area contributed by atoms with E-state index < -0.39 is 17.8 Å². The lowest BCUT2D eigenvalue weighted by atomic mass is 10.0. The van der Waals surface area contributed by atoms with Gasteiger partial charge < -0.3 is 9.84 Å². The van der Waals surface area contributed by atoms with E-state index in [1.54, 1.807) is 6.07 Å². The van der Waals surface area contributed by atoms with E-state index >= 15 is 0 Å². The first-order valence-corrected chi connectivity index (χ1v) is 5.26. The second kappa shape index (κ2) is 6.02. The van der Waals surface area contributed by atoms with Gasteiger partial charge in [0.05, 0.1) is 18.3 Å². The van der Waals surface area contributed by atoms with Crippen molar-refractivity contribution in [2.45, 2.75) is 25.1 Å². The molecule has 5 heteroatoms. The Morgan fingerprint density at radius 1 is 1.35 bits per heavy atom. The molecular weight excluding hydrogens is 233 g/mol. The van der Waals surface area contributed by atoms with Crippen LogP contribution in [0.5, 0.6) is 0 Å². The van der Waals surface area contributed by atoms with E-state index in [1.165, 1.54) is 13.2 Å². The van der Waals surface area contributed by atoms with Gasteiger partial charge in [-0.1, -0.05) is 18.2 Å². The predicted molar refractivity (Wildman–Crippen MR) is 57.6 cm³/mol. The van der Waals surface area contributed by atoms with Crippen molar-refractivity contribution in [1.82, 2.24) is 0 Å². The zero-order valence-corrected chi connectivity index (χ0v) is 9.50. The lowest BCUT2D eigenvalue weighted by molar-refractivity contribution is -0.137. The third-order valence-electron chi connectivity index (χ3n) is 2.38. The van der Waals surface area contributed by atoms with Gasteiger partial charge in [-0.2, -0.15) is 13.2 Å². The number of aliphatic hydroxyl groups is 1. The Morgan fingerprint density at radius 2 is 2.06 bits per heavy atom. The summed E-state index contributed by atoms with van der Waals surface area (Å²) in [4.78, 5) is 0. The zero-order valence-electron chi connectivity index (χ0n) is 9.50. The van der Waals surface area contributed by atoms with Crippen molar-refractivity contribution >= 4 is 0 Å². The monoisotopic (exact) mass is 248 g/mol. The summed E-state index contributed by atoms with van der Waals surface area (Å²) in [6, 6.07) is 5.14. The highest BCUT2D eigenvalue weighted by Gasteiger charge is 2.30. The van der Waals surface area contributed by atoms with E-state index in [-0.39, 0.29) is 6.61 Å². The number of methoxy groups -OCH3 is 1. The number of aryl methyl sites for hydroxylation is 1. The molecule has 0 amide bonds. The Kier molecular flexibility index (Phi) is 4.96. The summed E-state index contributed by atoms with van der Waals surface area (Å²) in [5.41, 5.74) is -0.0915. The van der Waals surface area contributed by atoms with Crippen LogP contribution in [0.1, 0.15) is 17.5 Å². The van der Waals surface area contributed by atoms with E-state index in [1.807, 2.05) is 0 Å². The molecule has 1 atom stereocenters. The van der Waals surface area contributed by atoms with Crippen molar-refractivity contribution in [1.29, 1.82) is 0 Å². The Morgan fingerprint density at radius 3 is 2.65 bits per heavy atom. The van der Waals surface area contributed by atoms with Gasteiger partial charge in [-0.15, -0.1) is 0 Å². The minimum atomic E-state index is -4.32. The third kappa shape index (κ3) is 4.75. The molecule has 2 nitrogen and oxygen atoms in total. The molecule has 0 bridgehead atoms. The minimum Gasteiger partial charge on any atom is -0.391 e. The molecule has 1 rings (SSSR count). The molecule has 0 saturated heterocycles. The number of alkyl halides is 3. The maximum absolute atomic E-state index is 12.4. The molecule has 1 aromatic rings. The molecule has 0 aliphatic heterocycles. The highest BCUT2D eigenvalue weighted by Crippen LogP contribution is 2.29. The zero-order chi connectivity index (χ0) is 12.9. The van der Waals surface area contributed by atoms with E-state index in [0.29, 0.717) is 18.4 Å². The molecule has 0 spiro atoms. The molecule has 0 aliphatic rings. The Labute approximate surface area is 98.0 Å². The van der Waals surface area contributed by atoms with Crippen LogP contribution in [0.4, 0.5) is 13.2 Å². The fourth-order valence-electron chi connectivity index (χ4n) is 1.51. The molecule has 0 aromatic heterocycles. The van der Waals surface area contributed by atoms with Crippen molar-refractivity contribution in [3.05, 3.63) is 35.4 Å². The van der Waals surface area contributed by atoms with Crippen LogP contribution in [0.25, 0.3) is 0 Å². The van der Waals surface area contributed by atoms with E-state index in [2.05, 4.69) is 0 Å². The van der Waals surface area contributed by atoms with Crippen LogP contribution < -0.4 is 0 Å². The van der Waals surface area contributed by atoms with Crippen LogP contribution in [0.2, 0.25) is 0 Å². The Balaban J connectivity index is 2.60. The van der Waals surface area contributed by atoms with Crippen molar-refractivity contribution in [3.8, 4) is 0 Å². The predicted octanol–water partition coefficient (Wildman–Crippen LogP) is 2.65.